The molecule has 104 valence electrons. The van der Waals surface area contributed by atoms with Crippen LogP contribution >= 0.6 is 11.8 Å². The zero-order valence-corrected chi connectivity index (χ0v) is 12.0. The fraction of sp³-hybridized carbons (Fsp3) is 1.00. The average Bonchev–Trinajstić information content (AvgIpc) is 2.35. The Labute approximate surface area is 114 Å². The molecule has 0 aromatic carbocycles. The molecule has 1 N–H and O–H groups in total. The minimum absolute atomic E-state index is 0.0534. The zero-order chi connectivity index (χ0) is 12.5. The van der Waals surface area contributed by atoms with Gasteiger partial charge in [-0.25, -0.2) is 0 Å². The molecule has 1 saturated carbocycles. The zero-order valence-electron chi connectivity index (χ0n) is 11.2. The SMILES string of the molecule is OCC1(CN2CCSC3(CCCCC3)C2)COC1. The highest BCUT2D eigenvalue weighted by molar-refractivity contribution is 8.00. The normalized spacial score (nSPS) is 31.2. The number of ether oxygens (including phenoxy) is 1. The van der Waals surface area contributed by atoms with Crippen molar-refractivity contribution in [2.24, 2.45) is 5.41 Å². The third kappa shape index (κ3) is 2.58. The quantitative estimate of drug-likeness (QED) is 0.847. The van der Waals surface area contributed by atoms with Crippen LogP contribution in [0.15, 0.2) is 0 Å². The van der Waals surface area contributed by atoms with Crippen LogP contribution in [0, 0.1) is 5.41 Å². The second-order valence-electron chi connectivity index (χ2n) is 6.45. The number of rotatable bonds is 3. The van der Waals surface area contributed by atoms with Crippen molar-refractivity contribution in [2.75, 3.05) is 45.2 Å². The molecular weight excluding hydrogens is 246 g/mol. The summed E-state index contributed by atoms with van der Waals surface area (Å²) < 4.78 is 5.86. The van der Waals surface area contributed by atoms with Crippen LogP contribution in [0.2, 0.25) is 0 Å². The van der Waals surface area contributed by atoms with E-state index in [2.05, 4.69) is 16.7 Å². The van der Waals surface area contributed by atoms with E-state index in [0.29, 0.717) is 4.75 Å². The Morgan fingerprint density at radius 1 is 1.17 bits per heavy atom. The lowest BCUT2D eigenvalue weighted by atomic mass is 9.84. The van der Waals surface area contributed by atoms with Crippen molar-refractivity contribution in [1.82, 2.24) is 4.90 Å². The molecule has 0 aromatic rings. The summed E-state index contributed by atoms with van der Waals surface area (Å²) in [5.41, 5.74) is 0.0534. The molecule has 18 heavy (non-hydrogen) atoms. The Hall–Kier alpha value is 0.230. The van der Waals surface area contributed by atoms with Crippen molar-refractivity contribution in [3.05, 3.63) is 0 Å². The van der Waals surface area contributed by atoms with Crippen LogP contribution in [0.5, 0.6) is 0 Å². The smallest absolute Gasteiger partial charge is 0.0579 e. The molecule has 2 aliphatic heterocycles. The molecule has 1 aliphatic carbocycles. The third-order valence-corrected chi connectivity index (χ3v) is 6.34. The summed E-state index contributed by atoms with van der Waals surface area (Å²) in [5.74, 6) is 1.27. The van der Waals surface area contributed by atoms with E-state index < -0.39 is 0 Å². The Balaban J connectivity index is 1.59. The van der Waals surface area contributed by atoms with Crippen LogP contribution in [0.1, 0.15) is 32.1 Å². The predicted molar refractivity (Wildman–Crippen MR) is 75.1 cm³/mol. The Morgan fingerprint density at radius 2 is 1.94 bits per heavy atom. The van der Waals surface area contributed by atoms with E-state index in [0.717, 1.165) is 19.8 Å². The van der Waals surface area contributed by atoms with Gasteiger partial charge in [-0.2, -0.15) is 11.8 Å². The van der Waals surface area contributed by atoms with Crippen molar-refractivity contribution >= 4 is 11.8 Å². The highest BCUT2D eigenvalue weighted by atomic mass is 32.2. The van der Waals surface area contributed by atoms with Crippen molar-refractivity contribution in [3.8, 4) is 0 Å². The van der Waals surface area contributed by atoms with Crippen LogP contribution in [0.4, 0.5) is 0 Å². The lowest BCUT2D eigenvalue weighted by Gasteiger charge is -2.49. The third-order valence-electron chi connectivity index (χ3n) is 4.80. The summed E-state index contributed by atoms with van der Waals surface area (Å²) in [4.78, 5) is 2.60. The first-order valence-corrected chi connectivity index (χ1v) is 8.30. The summed E-state index contributed by atoms with van der Waals surface area (Å²) in [7, 11) is 0. The van der Waals surface area contributed by atoms with Gasteiger partial charge in [0.2, 0.25) is 0 Å². The number of aliphatic hydroxyl groups excluding tert-OH is 1. The van der Waals surface area contributed by atoms with E-state index in [1.165, 1.54) is 50.9 Å². The van der Waals surface area contributed by atoms with Gasteiger partial charge in [-0.3, -0.25) is 0 Å². The van der Waals surface area contributed by atoms with Gasteiger partial charge in [0, 0.05) is 30.1 Å². The van der Waals surface area contributed by atoms with Gasteiger partial charge in [-0.05, 0) is 12.8 Å². The lowest BCUT2D eigenvalue weighted by molar-refractivity contribution is -0.148. The minimum atomic E-state index is 0.0534. The van der Waals surface area contributed by atoms with Crippen LogP contribution in [-0.4, -0.2) is 60.0 Å². The first-order valence-electron chi connectivity index (χ1n) is 7.31. The molecule has 0 bridgehead atoms. The molecule has 0 atom stereocenters. The molecule has 2 saturated heterocycles. The molecule has 3 rings (SSSR count). The maximum absolute atomic E-state index is 9.56. The second-order valence-corrected chi connectivity index (χ2v) is 8.02. The molecule has 0 aromatic heterocycles. The topological polar surface area (TPSA) is 32.7 Å². The molecule has 2 heterocycles. The summed E-state index contributed by atoms with van der Waals surface area (Å²) in [5, 5.41) is 9.56. The molecule has 3 nitrogen and oxygen atoms in total. The van der Waals surface area contributed by atoms with Crippen molar-refractivity contribution in [1.29, 1.82) is 0 Å². The monoisotopic (exact) mass is 271 g/mol. The number of nitrogens with zero attached hydrogens (tertiary/aromatic N) is 1. The largest absolute Gasteiger partial charge is 0.396 e. The van der Waals surface area contributed by atoms with Gasteiger partial charge in [0.25, 0.3) is 0 Å². The molecule has 1 spiro atoms. The van der Waals surface area contributed by atoms with E-state index in [9.17, 15) is 5.11 Å². The van der Waals surface area contributed by atoms with Gasteiger partial charge in [-0.1, -0.05) is 19.3 Å². The second kappa shape index (κ2) is 5.31. The Bertz CT molecular complexity index is 276. The molecule has 0 unspecified atom stereocenters. The molecule has 3 aliphatic rings. The first-order chi connectivity index (χ1) is 8.76. The average molecular weight is 271 g/mol. The lowest BCUT2D eigenvalue weighted by Crippen LogP contribution is -2.57. The van der Waals surface area contributed by atoms with Crippen LogP contribution in [0.3, 0.4) is 0 Å². The highest BCUT2D eigenvalue weighted by Gasteiger charge is 2.43. The summed E-state index contributed by atoms with van der Waals surface area (Å²) in [6, 6.07) is 0. The molecule has 3 fully saturated rings. The highest BCUT2D eigenvalue weighted by Crippen LogP contribution is 2.43. The summed E-state index contributed by atoms with van der Waals surface area (Å²) in [6.45, 7) is 5.24. The van der Waals surface area contributed by atoms with Crippen molar-refractivity contribution < 1.29 is 9.84 Å². The van der Waals surface area contributed by atoms with Gasteiger partial charge in [-0.15, -0.1) is 0 Å². The fourth-order valence-electron chi connectivity index (χ4n) is 3.65. The fourth-order valence-corrected chi connectivity index (χ4v) is 5.29. The molecule has 0 radical (unpaired) electrons. The van der Waals surface area contributed by atoms with Crippen LogP contribution < -0.4 is 0 Å². The summed E-state index contributed by atoms with van der Waals surface area (Å²) in [6.07, 6.45) is 7.05. The molecule has 4 heteroatoms. The van der Waals surface area contributed by atoms with E-state index >= 15 is 0 Å². The molecule has 0 amide bonds. The minimum Gasteiger partial charge on any atom is -0.396 e. The number of thioether (sulfide) groups is 1. The van der Waals surface area contributed by atoms with E-state index in [1.54, 1.807) is 0 Å². The van der Waals surface area contributed by atoms with Crippen molar-refractivity contribution in [3.63, 3.8) is 0 Å². The van der Waals surface area contributed by atoms with Crippen LogP contribution in [-0.2, 0) is 4.74 Å². The van der Waals surface area contributed by atoms with Crippen LogP contribution in [0.25, 0.3) is 0 Å². The van der Waals surface area contributed by atoms with Crippen molar-refractivity contribution in [2.45, 2.75) is 36.9 Å². The number of hydrogen-bond acceptors (Lipinski definition) is 4. The van der Waals surface area contributed by atoms with E-state index in [4.69, 9.17) is 4.74 Å². The Morgan fingerprint density at radius 3 is 2.56 bits per heavy atom. The first kappa shape index (κ1) is 13.2. The van der Waals surface area contributed by atoms with E-state index in [1.807, 2.05) is 0 Å². The predicted octanol–water partition coefficient (Wildman–Crippen LogP) is 1.75. The van der Waals surface area contributed by atoms with Gasteiger partial charge in [0.15, 0.2) is 0 Å². The standard InChI is InChI=1S/C14H25NO2S/c16-10-13(11-17-12-13)8-15-6-7-18-14(9-15)4-2-1-3-5-14/h16H,1-12H2. The van der Waals surface area contributed by atoms with Gasteiger partial charge in [0.05, 0.1) is 25.2 Å². The maximum Gasteiger partial charge on any atom is 0.0579 e. The van der Waals surface area contributed by atoms with Gasteiger partial charge >= 0.3 is 0 Å². The van der Waals surface area contributed by atoms with E-state index in [-0.39, 0.29) is 12.0 Å². The number of hydrogen-bond donors (Lipinski definition) is 1. The molecular formula is C14H25NO2S. The van der Waals surface area contributed by atoms with Gasteiger partial charge < -0.3 is 14.7 Å². The summed E-state index contributed by atoms with van der Waals surface area (Å²) >= 11 is 2.21. The maximum atomic E-state index is 9.56. The Kier molecular flexibility index (Phi) is 3.90. The number of aliphatic hydroxyl groups is 1. The van der Waals surface area contributed by atoms with Gasteiger partial charge in [0.1, 0.15) is 0 Å².